The highest BCUT2D eigenvalue weighted by atomic mass is 32.2. The van der Waals surface area contributed by atoms with E-state index in [0.717, 1.165) is 4.90 Å². The molecular formula is C21H16N2O3S. The summed E-state index contributed by atoms with van der Waals surface area (Å²) in [7, 11) is 1.77. The van der Waals surface area contributed by atoms with E-state index in [1.54, 1.807) is 18.7 Å². The van der Waals surface area contributed by atoms with Crippen LogP contribution in [0.1, 0.15) is 5.69 Å². The van der Waals surface area contributed by atoms with Gasteiger partial charge in [0.2, 0.25) is 10.9 Å². The maximum atomic E-state index is 13.1. The first-order valence-electron chi connectivity index (χ1n) is 8.41. The lowest BCUT2D eigenvalue weighted by molar-refractivity contribution is 0.630. The van der Waals surface area contributed by atoms with Gasteiger partial charge in [-0.2, -0.15) is 0 Å². The van der Waals surface area contributed by atoms with Gasteiger partial charge in [0.15, 0.2) is 0 Å². The van der Waals surface area contributed by atoms with Crippen molar-refractivity contribution in [3.8, 4) is 16.8 Å². The molecular weight excluding hydrogens is 360 g/mol. The quantitative estimate of drug-likeness (QED) is 0.514. The largest absolute Gasteiger partial charge is 0.285 e. The Labute approximate surface area is 159 Å². The third-order valence-electron chi connectivity index (χ3n) is 4.63. The normalized spacial score (nSPS) is 11.2. The summed E-state index contributed by atoms with van der Waals surface area (Å²) < 4.78 is 3.22. The average Bonchev–Trinajstić information content (AvgIpc) is 2.92. The Bertz CT molecular complexity index is 1260. The molecule has 6 heteroatoms. The molecule has 0 atom stereocenters. The van der Waals surface area contributed by atoms with Gasteiger partial charge in [-0.3, -0.25) is 19.1 Å². The fourth-order valence-corrected chi connectivity index (χ4v) is 4.17. The Balaban J connectivity index is 1.90. The minimum Gasteiger partial charge on any atom is -0.285 e. The van der Waals surface area contributed by atoms with Crippen molar-refractivity contribution in [2.45, 2.75) is 16.7 Å². The lowest BCUT2D eigenvalue weighted by Gasteiger charge is -2.09. The van der Waals surface area contributed by atoms with Crippen molar-refractivity contribution in [1.82, 2.24) is 9.36 Å². The minimum absolute atomic E-state index is 0.224. The summed E-state index contributed by atoms with van der Waals surface area (Å²) in [5, 5.41) is 0. The molecule has 0 amide bonds. The molecule has 27 heavy (non-hydrogen) atoms. The smallest absolute Gasteiger partial charge is 0.279 e. The maximum Gasteiger partial charge on any atom is 0.279 e. The summed E-state index contributed by atoms with van der Waals surface area (Å²) in [6.45, 7) is 1.78. The first kappa shape index (κ1) is 17.3. The van der Waals surface area contributed by atoms with Crippen molar-refractivity contribution in [2.24, 2.45) is 7.05 Å². The second-order valence-corrected chi connectivity index (χ2v) is 7.30. The molecule has 4 aromatic rings. The van der Waals surface area contributed by atoms with Crippen LogP contribution in [0.3, 0.4) is 0 Å². The minimum atomic E-state index is -0.598. The van der Waals surface area contributed by atoms with Crippen LogP contribution in [0, 0.1) is 6.92 Å². The Kier molecular flexibility index (Phi) is 4.20. The Morgan fingerprint density at radius 1 is 0.778 bits per heavy atom. The molecule has 0 fully saturated rings. The number of hydrogen-bond donors (Lipinski definition) is 0. The summed E-state index contributed by atoms with van der Waals surface area (Å²) >= 11 is 1.23. The van der Waals surface area contributed by atoms with Gasteiger partial charge in [-0.15, -0.1) is 0 Å². The van der Waals surface area contributed by atoms with E-state index in [9.17, 15) is 14.4 Å². The zero-order valence-electron chi connectivity index (χ0n) is 14.8. The molecule has 0 aliphatic rings. The highest BCUT2D eigenvalue weighted by molar-refractivity contribution is 7.99. The van der Waals surface area contributed by atoms with Gasteiger partial charge >= 0.3 is 0 Å². The van der Waals surface area contributed by atoms with E-state index >= 15 is 0 Å². The number of hydrogen-bond acceptors (Lipinski definition) is 4. The monoisotopic (exact) mass is 376 g/mol. The molecule has 1 aromatic heterocycles. The fourth-order valence-electron chi connectivity index (χ4n) is 3.16. The highest BCUT2D eigenvalue weighted by Crippen LogP contribution is 2.33. The van der Waals surface area contributed by atoms with Gasteiger partial charge in [0.05, 0.1) is 21.7 Å². The molecule has 0 radical (unpaired) electrons. The van der Waals surface area contributed by atoms with Crippen LogP contribution in [-0.4, -0.2) is 9.36 Å². The van der Waals surface area contributed by atoms with Gasteiger partial charge in [-0.25, -0.2) is 4.68 Å². The Morgan fingerprint density at radius 2 is 1.37 bits per heavy atom. The Hall–Kier alpha value is -3.12. The molecule has 4 rings (SSSR count). The molecule has 0 spiro atoms. The van der Waals surface area contributed by atoms with Crippen LogP contribution in [0.15, 0.2) is 84.8 Å². The highest BCUT2D eigenvalue weighted by Gasteiger charge is 2.29. The third-order valence-corrected chi connectivity index (χ3v) is 5.74. The van der Waals surface area contributed by atoms with Crippen molar-refractivity contribution in [2.75, 3.05) is 0 Å². The molecule has 0 saturated heterocycles. The second-order valence-electron chi connectivity index (χ2n) is 6.21. The standard InChI is InChI=1S/C21H16N2O3S/c1-13-16(21(26)23(22(13)2)14-9-5-3-6-10-14)17-18(24)19(25)20(17)27-15-11-7-4-8-12-15/h3-12H,1-2H3. The predicted molar refractivity (Wildman–Crippen MR) is 107 cm³/mol. The topological polar surface area (TPSA) is 61.1 Å². The lowest BCUT2D eigenvalue weighted by atomic mass is 10.0. The van der Waals surface area contributed by atoms with Crippen molar-refractivity contribution in [3.63, 3.8) is 0 Å². The summed E-state index contributed by atoms with van der Waals surface area (Å²) in [5.74, 6) is 0. The average molecular weight is 376 g/mol. The Morgan fingerprint density at radius 3 is 2.00 bits per heavy atom. The van der Waals surface area contributed by atoms with Crippen LogP contribution >= 0.6 is 11.8 Å². The van der Waals surface area contributed by atoms with Crippen molar-refractivity contribution < 1.29 is 0 Å². The summed E-state index contributed by atoms with van der Waals surface area (Å²) in [6.07, 6.45) is 0. The van der Waals surface area contributed by atoms with Gasteiger partial charge in [-0.1, -0.05) is 48.2 Å². The van der Waals surface area contributed by atoms with E-state index in [1.165, 1.54) is 16.4 Å². The molecule has 3 aromatic carbocycles. The van der Waals surface area contributed by atoms with Crippen molar-refractivity contribution in [1.29, 1.82) is 0 Å². The SMILES string of the molecule is Cc1c(-c2c(Sc3ccccc3)c(=O)c2=O)c(=O)n(-c2ccccc2)n1C. The maximum absolute atomic E-state index is 13.1. The van der Waals surface area contributed by atoms with Gasteiger partial charge < -0.3 is 0 Å². The zero-order chi connectivity index (χ0) is 19.1. The molecule has 0 aliphatic carbocycles. The number of aromatic nitrogens is 2. The van der Waals surface area contributed by atoms with Gasteiger partial charge in [0, 0.05) is 17.6 Å². The van der Waals surface area contributed by atoms with Crippen molar-refractivity contribution >= 4 is 11.8 Å². The molecule has 0 unspecified atom stereocenters. The molecule has 0 saturated carbocycles. The number of rotatable bonds is 4. The fraction of sp³-hybridized carbons (Fsp3) is 0.0952. The molecule has 0 bridgehead atoms. The first-order chi connectivity index (χ1) is 13.0. The summed E-state index contributed by atoms with van der Waals surface area (Å²) in [4.78, 5) is 38.8. The number of nitrogens with zero attached hydrogens (tertiary/aromatic N) is 2. The van der Waals surface area contributed by atoms with Crippen LogP contribution in [0.2, 0.25) is 0 Å². The van der Waals surface area contributed by atoms with Crippen LogP contribution in [0.4, 0.5) is 0 Å². The number of para-hydroxylation sites is 1. The predicted octanol–water partition coefficient (Wildman–Crippen LogP) is 2.90. The van der Waals surface area contributed by atoms with Gasteiger partial charge in [-0.05, 0) is 31.2 Å². The molecule has 134 valence electrons. The molecule has 1 heterocycles. The summed E-state index contributed by atoms with van der Waals surface area (Å²) in [6, 6.07) is 18.6. The van der Waals surface area contributed by atoms with E-state index in [0.29, 0.717) is 21.8 Å². The summed E-state index contributed by atoms with van der Waals surface area (Å²) in [5.41, 5.74) is 0.433. The van der Waals surface area contributed by atoms with E-state index in [4.69, 9.17) is 0 Å². The van der Waals surface area contributed by atoms with Gasteiger partial charge in [0.25, 0.3) is 5.56 Å². The second kappa shape index (κ2) is 6.55. The lowest BCUT2D eigenvalue weighted by Crippen LogP contribution is -2.36. The van der Waals surface area contributed by atoms with E-state index in [-0.39, 0.29) is 11.1 Å². The van der Waals surface area contributed by atoms with Gasteiger partial charge in [0.1, 0.15) is 0 Å². The molecule has 5 nitrogen and oxygen atoms in total. The van der Waals surface area contributed by atoms with E-state index in [1.807, 2.05) is 60.7 Å². The van der Waals surface area contributed by atoms with Crippen LogP contribution in [-0.2, 0) is 7.05 Å². The first-order valence-corrected chi connectivity index (χ1v) is 9.23. The van der Waals surface area contributed by atoms with Crippen molar-refractivity contribution in [3.05, 3.63) is 97.2 Å². The van der Waals surface area contributed by atoms with E-state index < -0.39 is 10.9 Å². The van der Waals surface area contributed by atoms with Crippen LogP contribution in [0.25, 0.3) is 16.8 Å². The van der Waals surface area contributed by atoms with E-state index in [2.05, 4.69) is 0 Å². The molecule has 0 N–H and O–H groups in total. The number of benzene rings is 2. The molecule has 0 aliphatic heterocycles. The van der Waals surface area contributed by atoms with Crippen LogP contribution < -0.4 is 16.4 Å². The zero-order valence-corrected chi connectivity index (χ0v) is 15.6. The third kappa shape index (κ3) is 2.69. The van der Waals surface area contributed by atoms with Crippen LogP contribution in [0.5, 0.6) is 0 Å².